The Morgan fingerprint density at radius 2 is 1.60 bits per heavy atom. The molecule has 0 saturated heterocycles. The van der Waals surface area contributed by atoms with Crippen LogP contribution in [0, 0.1) is 11.8 Å². The van der Waals surface area contributed by atoms with Crippen LogP contribution in [0.15, 0.2) is 0 Å². The van der Waals surface area contributed by atoms with E-state index in [1.165, 1.54) is 0 Å². The van der Waals surface area contributed by atoms with Crippen LogP contribution >= 0.6 is 0 Å². The van der Waals surface area contributed by atoms with Crippen LogP contribution in [-0.2, 0) is 4.79 Å². The van der Waals surface area contributed by atoms with Crippen LogP contribution < -0.4 is 29.6 Å². The Morgan fingerprint density at radius 3 is 1.60 bits per heavy atom. The summed E-state index contributed by atoms with van der Waals surface area (Å²) in [7, 11) is 0. The summed E-state index contributed by atoms with van der Waals surface area (Å²) in [6.45, 7) is 4.26. The van der Waals surface area contributed by atoms with Crippen molar-refractivity contribution in [3.05, 3.63) is 0 Å². The third-order valence-corrected chi connectivity index (χ3v) is 2.50. The molecule has 83 valence electrons. The molecule has 15 heavy (non-hydrogen) atoms. The Bertz CT molecular complexity index is 161. The van der Waals surface area contributed by atoms with Gasteiger partial charge in [0.15, 0.2) is 0 Å². The number of ketones is 1. The van der Waals surface area contributed by atoms with Gasteiger partial charge in [0.05, 0.1) is 6.10 Å². The Labute approximate surface area is 120 Å². The summed E-state index contributed by atoms with van der Waals surface area (Å²) < 4.78 is 0. The minimum absolute atomic E-state index is 0. The van der Waals surface area contributed by atoms with Crippen LogP contribution in [0.2, 0.25) is 0 Å². The normalized spacial score (nSPS) is 27.5. The fourth-order valence-corrected chi connectivity index (χ4v) is 1.58. The molecule has 2 aliphatic rings. The van der Waals surface area contributed by atoms with Crippen molar-refractivity contribution in [2.75, 3.05) is 0 Å². The Balaban J connectivity index is -0.0000000720. The van der Waals surface area contributed by atoms with Gasteiger partial charge in [0.1, 0.15) is 5.78 Å². The van der Waals surface area contributed by atoms with Gasteiger partial charge in [-0.3, -0.25) is 4.79 Å². The minimum Gasteiger partial charge on any atom is -1.00 e. The summed E-state index contributed by atoms with van der Waals surface area (Å²) >= 11 is 0. The van der Waals surface area contributed by atoms with Crippen molar-refractivity contribution in [1.29, 1.82) is 0 Å². The molecule has 0 atom stereocenters. The molecule has 3 radical (unpaired) electrons. The van der Waals surface area contributed by atoms with Crippen LogP contribution in [-0.4, -0.2) is 25.4 Å². The first-order valence-electron chi connectivity index (χ1n) is 4.77. The van der Waals surface area contributed by atoms with Crippen molar-refractivity contribution in [2.24, 2.45) is 11.8 Å². The van der Waals surface area contributed by atoms with Crippen LogP contribution in [0.5, 0.6) is 0 Å². The van der Waals surface area contributed by atoms with Gasteiger partial charge in [-0.05, 0) is 24.7 Å². The number of aliphatic hydroxyl groups is 1. The number of hydrogen-bond acceptors (Lipinski definition) is 2. The van der Waals surface area contributed by atoms with Crippen LogP contribution in [0.4, 0.5) is 0 Å². The summed E-state index contributed by atoms with van der Waals surface area (Å²) in [6, 6.07) is 0. The fourth-order valence-electron chi connectivity index (χ4n) is 1.58. The molecule has 1 N–H and O–H groups in total. The molecule has 2 saturated carbocycles. The van der Waals surface area contributed by atoms with Gasteiger partial charge in [0.2, 0.25) is 0 Å². The maximum atomic E-state index is 10.1. The first kappa shape index (κ1) is 21.0. The van der Waals surface area contributed by atoms with E-state index >= 15 is 0 Å². The van der Waals surface area contributed by atoms with Gasteiger partial charge in [-0.15, -0.1) is 0 Å². The molecule has 0 amide bonds. The first-order valence-corrected chi connectivity index (χ1v) is 4.77. The fraction of sp³-hybridized carbons (Fsp3) is 0.909. The molecule has 0 aliphatic heterocycles. The summed E-state index contributed by atoms with van der Waals surface area (Å²) in [5.41, 5.74) is 0. The molecule has 0 spiro atoms. The van der Waals surface area contributed by atoms with Crippen molar-refractivity contribution in [1.82, 2.24) is 0 Å². The maximum Gasteiger partial charge on any atom is 1.00 e. The second-order valence-electron chi connectivity index (χ2n) is 4.28. The molecular formula is C11H23BNaO2. The van der Waals surface area contributed by atoms with Crippen molar-refractivity contribution in [3.63, 3.8) is 0 Å². The molecule has 0 aromatic carbocycles. The number of carbonyl (C=O) groups excluding carboxylic acids is 1. The van der Waals surface area contributed by atoms with Crippen LogP contribution in [0.1, 0.15) is 48.4 Å². The number of rotatable bonds is 0. The van der Waals surface area contributed by atoms with Gasteiger partial charge in [0.25, 0.3) is 0 Å². The summed E-state index contributed by atoms with van der Waals surface area (Å²) in [4.78, 5) is 10.1. The molecule has 4 heteroatoms. The van der Waals surface area contributed by atoms with Gasteiger partial charge in [0, 0.05) is 21.3 Å². The summed E-state index contributed by atoms with van der Waals surface area (Å²) in [5.74, 6) is 1.92. The maximum absolute atomic E-state index is 10.1. The zero-order chi connectivity index (χ0) is 9.14. The Hall–Kier alpha value is 0.695. The van der Waals surface area contributed by atoms with E-state index in [2.05, 4.69) is 13.8 Å². The van der Waals surface area contributed by atoms with Crippen molar-refractivity contribution in [3.8, 4) is 0 Å². The molecule has 2 aliphatic carbocycles. The van der Waals surface area contributed by atoms with Crippen molar-refractivity contribution in [2.45, 2.75) is 53.1 Å². The van der Waals surface area contributed by atoms with E-state index in [0.717, 1.165) is 31.6 Å². The number of Topliss-reactive ketones (excluding diaryl/α,β-unsaturated/α-hetero) is 1. The van der Waals surface area contributed by atoms with E-state index < -0.39 is 0 Å². The van der Waals surface area contributed by atoms with Crippen molar-refractivity contribution < 1.29 is 40.9 Å². The molecule has 2 rings (SSSR count). The molecule has 2 fully saturated rings. The van der Waals surface area contributed by atoms with Gasteiger partial charge in [-0.2, -0.15) is 0 Å². The van der Waals surface area contributed by atoms with E-state index in [1.54, 1.807) is 0 Å². The van der Waals surface area contributed by atoms with Gasteiger partial charge in [-0.1, -0.05) is 21.3 Å². The number of aliphatic hydroxyl groups excluding tert-OH is 1. The number of carbonyl (C=O) groups is 1. The van der Waals surface area contributed by atoms with Gasteiger partial charge >= 0.3 is 29.6 Å². The molecule has 0 aromatic heterocycles. The molecule has 2 nitrogen and oxygen atoms in total. The minimum atomic E-state index is 0. The Kier molecular flexibility index (Phi) is 13.9. The summed E-state index contributed by atoms with van der Waals surface area (Å²) in [6.07, 6.45) is 3.76. The van der Waals surface area contributed by atoms with E-state index in [4.69, 9.17) is 5.11 Å². The van der Waals surface area contributed by atoms with Crippen LogP contribution in [0.25, 0.3) is 0 Å². The predicted octanol–water partition coefficient (Wildman–Crippen LogP) is -0.866. The monoisotopic (exact) mass is 221 g/mol. The Morgan fingerprint density at radius 1 is 1.20 bits per heavy atom. The molecular weight excluding hydrogens is 198 g/mol. The summed E-state index contributed by atoms with van der Waals surface area (Å²) in [5, 5.41) is 8.62. The zero-order valence-corrected chi connectivity index (χ0v) is 11.5. The second-order valence-corrected chi connectivity index (χ2v) is 4.28. The average molecular weight is 221 g/mol. The van der Waals surface area contributed by atoms with E-state index in [0.29, 0.717) is 11.7 Å². The zero-order valence-electron chi connectivity index (χ0n) is 10.5. The first-order chi connectivity index (χ1) is 5.58. The van der Waals surface area contributed by atoms with Gasteiger partial charge < -0.3 is 6.53 Å². The van der Waals surface area contributed by atoms with E-state index in [-0.39, 0.29) is 52.9 Å². The van der Waals surface area contributed by atoms with E-state index in [9.17, 15) is 4.79 Å². The smallest absolute Gasteiger partial charge is 1.00 e. The molecule has 0 unspecified atom stereocenters. The average Bonchev–Trinajstić information content (AvgIpc) is 1.84. The molecule has 0 heterocycles. The van der Waals surface area contributed by atoms with E-state index in [1.807, 2.05) is 0 Å². The number of hydrogen-bond donors (Lipinski definition) is 1. The largest absolute Gasteiger partial charge is 1.00 e. The third kappa shape index (κ3) is 8.50. The van der Waals surface area contributed by atoms with Crippen molar-refractivity contribution >= 4 is 14.2 Å². The quantitative estimate of drug-likeness (QED) is 0.540. The SMILES string of the molecule is C.CC1CC(=O)C1.CC1CC(O)C1.[B].[H-].[Na+]. The van der Waals surface area contributed by atoms with Gasteiger partial charge in [-0.25, -0.2) is 0 Å². The van der Waals surface area contributed by atoms with Crippen LogP contribution in [0.3, 0.4) is 0 Å². The standard InChI is InChI=1S/C5H10O.C5H8O.CH4.B.Na.H/c2*1-4-2-5(6)3-4;;;;/h4-6H,2-3H2,1H3;4H,2-3H2,1H3;1H4;;;/q;;;;+1;-1. The topological polar surface area (TPSA) is 37.3 Å². The molecule has 0 aromatic rings. The molecule has 0 bridgehead atoms. The second kappa shape index (κ2) is 9.89. The predicted molar refractivity (Wildman–Crippen MR) is 61.4 cm³/mol. The third-order valence-electron chi connectivity index (χ3n) is 2.50.